The standard InChI is InChI=1S/C15H25N3O2/c1-2-12-10-15(20)17-14(16-12)11-18(8-9-19)13-6-4-3-5-7-13/h10,13,19H,2-9,11H2,1H3,(H,16,17,20). The molecule has 0 aliphatic heterocycles. The molecule has 1 fully saturated rings. The van der Waals surface area contributed by atoms with E-state index in [1.807, 2.05) is 6.92 Å². The predicted octanol–water partition coefficient (Wildman–Crippen LogP) is 1.46. The van der Waals surface area contributed by atoms with Crippen LogP contribution in [0.15, 0.2) is 10.9 Å². The Morgan fingerprint density at radius 1 is 1.40 bits per heavy atom. The van der Waals surface area contributed by atoms with Crippen LogP contribution in [0.5, 0.6) is 0 Å². The minimum absolute atomic E-state index is 0.0838. The van der Waals surface area contributed by atoms with Crippen LogP contribution in [-0.4, -0.2) is 39.2 Å². The number of aliphatic hydroxyl groups excluding tert-OH is 1. The molecule has 0 unspecified atom stereocenters. The number of aromatic nitrogens is 2. The van der Waals surface area contributed by atoms with Gasteiger partial charge in [-0.05, 0) is 19.3 Å². The maximum atomic E-state index is 11.6. The van der Waals surface area contributed by atoms with Crippen molar-refractivity contribution in [2.45, 2.75) is 58.0 Å². The smallest absolute Gasteiger partial charge is 0.251 e. The minimum atomic E-state index is -0.0838. The molecule has 1 heterocycles. The van der Waals surface area contributed by atoms with Gasteiger partial charge in [-0.1, -0.05) is 26.2 Å². The maximum Gasteiger partial charge on any atom is 0.251 e. The van der Waals surface area contributed by atoms with Crippen molar-refractivity contribution < 1.29 is 5.11 Å². The van der Waals surface area contributed by atoms with Gasteiger partial charge in [0.1, 0.15) is 5.82 Å². The minimum Gasteiger partial charge on any atom is -0.395 e. The third-order valence-corrected chi connectivity index (χ3v) is 4.04. The second kappa shape index (κ2) is 7.55. The summed E-state index contributed by atoms with van der Waals surface area (Å²) in [5.41, 5.74) is 0.746. The van der Waals surface area contributed by atoms with Gasteiger partial charge in [0.2, 0.25) is 0 Å². The van der Waals surface area contributed by atoms with Crippen molar-refractivity contribution in [3.05, 3.63) is 27.9 Å². The zero-order chi connectivity index (χ0) is 14.4. The van der Waals surface area contributed by atoms with Gasteiger partial charge in [-0.3, -0.25) is 9.69 Å². The monoisotopic (exact) mass is 279 g/mol. The average Bonchev–Trinajstić information content (AvgIpc) is 2.47. The Labute approximate surface area is 120 Å². The van der Waals surface area contributed by atoms with E-state index in [4.69, 9.17) is 0 Å². The van der Waals surface area contributed by atoms with Gasteiger partial charge in [0.25, 0.3) is 5.56 Å². The van der Waals surface area contributed by atoms with E-state index in [0.717, 1.165) is 12.1 Å². The van der Waals surface area contributed by atoms with Gasteiger partial charge in [0.15, 0.2) is 0 Å². The lowest BCUT2D eigenvalue weighted by Crippen LogP contribution is -2.39. The van der Waals surface area contributed by atoms with Crippen molar-refractivity contribution in [2.24, 2.45) is 0 Å². The number of aromatic amines is 1. The van der Waals surface area contributed by atoms with Crippen LogP contribution >= 0.6 is 0 Å². The third kappa shape index (κ3) is 4.15. The van der Waals surface area contributed by atoms with Gasteiger partial charge >= 0.3 is 0 Å². The molecule has 1 aromatic rings. The van der Waals surface area contributed by atoms with E-state index in [0.29, 0.717) is 25.0 Å². The molecule has 112 valence electrons. The molecule has 20 heavy (non-hydrogen) atoms. The zero-order valence-corrected chi connectivity index (χ0v) is 12.3. The zero-order valence-electron chi connectivity index (χ0n) is 12.3. The molecule has 0 radical (unpaired) electrons. The SMILES string of the molecule is CCc1cc(=O)[nH]c(CN(CCO)C2CCCCC2)n1. The number of hydrogen-bond donors (Lipinski definition) is 2. The molecule has 5 heteroatoms. The van der Waals surface area contributed by atoms with Crippen molar-refractivity contribution in [2.75, 3.05) is 13.2 Å². The highest BCUT2D eigenvalue weighted by atomic mass is 16.3. The second-order valence-corrected chi connectivity index (χ2v) is 5.52. The van der Waals surface area contributed by atoms with Gasteiger partial charge in [-0.2, -0.15) is 0 Å². The van der Waals surface area contributed by atoms with Gasteiger partial charge in [-0.25, -0.2) is 4.98 Å². The fourth-order valence-corrected chi connectivity index (χ4v) is 2.98. The first-order chi connectivity index (χ1) is 9.72. The molecule has 1 aromatic heterocycles. The van der Waals surface area contributed by atoms with Crippen molar-refractivity contribution in [1.29, 1.82) is 0 Å². The number of nitrogens with zero attached hydrogens (tertiary/aromatic N) is 2. The largest absolute Gasteiger partial charge is 0.395 e. The number of aliphatic hydroxyl groups is 1. The molecular formula is C15H25N3O2. The van der Waals surface area contributed by atoms with Crippen molar-refractivity contribution in [3.8, 4) is 0 Å². The van der Waals surface area contributed by atoms with Crippen LogP contribution in [0.2, 0.25) is 0 Å². The normalized spacial score (nSPS) is 16.8. The summed E-state index contributed by atoms with van der Waals surface area (Å²) < 4.78 is 0. The van der Waals surface area contributed by atoms with Crippen LogP contribution in [0, 0.1) is 0 Å². The highest BCUT2D eigenvalue weighted by Gasteiger charge is 2.21. The lowest BCUT2D eigenvalue weighted by molar-refractivity contribution is 0.114. The first kappa shape index (κ1) is 15.2. The summed E-state index contributed by atoms with van der Waals surface area (Å²) in [7, 11) is 0. The number of aryl methyl sites for hydroxylation is 1. The Hall–Kier alpha value is -1.20. The molecule has 0 amide bonds. The average molecular weight is 279 g/mol. The molecule has 1 saturated carbocycles. The Morgan fingerprint density at radius 2 is 2.15 bits per heavy atom. The number of hydrogen-bond acceptors (Lipinski definition) is 4. The highest BCUT2D eigenvalue weighted by molar-refractivity contribution is 5.02. The van der Waals surface area contributed by atoms with Crippen molar-refractivity contribution >= 4 is 0 Å². The first-order valence-corrected chi connectivity index (χ1v) is 7.67. The quantitative estimate of drug-likeness (QED) is 0.827. The van der Waals surface area contributed by atoms with Gasteiger partial charge in [0, 0.05) is 24.3 Å². The first-order valence-electron chi connectivity index (χ1n) is 7.67. The molecule has 0 spiro atoms. The molecule has 1 aliphatic rings. The van der Waals surface area contributed by atoms with Gasteiger partial charge in [-0.15, -0.1) is 0 Å². The third-order valence-electron chi connectivity index (χ3n) is 4.04. The van der Waals surface area contributed by atoms with Crippen LogP contribution in [0.3, 0.4) is 0 Å². The Kier molecular flexibility index (Phi) is 5.73. The van der Waals surface area contributed by atoms with Crippen LogP contribution in [-0.2, 0) is 13.0 Å². The number of H-pyrrole nitrogens is 1. The van der Waals surface area contributed by atoms with Crippen LogP contribution in [0.4, 0.5) is 0 Å². The fraction of sp³-hybridized carbons (Fsp3) is 0.733. The van der Waals surface area contributed by atoms with Crippen molar-refractivity contribution in [1.82, 2.24) is 14.9 Å². The molecule has 0 saturated heterocycles. The molecule has 2 N–H and O–H groups in total. The molecule has 2 rings (SSSR count). The van der Waals surface area contributed by atoms with Crippen LogP contribution in [0.1, 0.15) is 50.5 Å². The Morgan fingerprint density at radius 3 is 2.80 bits per heavy atom. The number of rotatable bonds is 6. The summed E-state index contributed by atoms with van der Waals surface area (Å²) in [5.74, 6) is 0.716. The molecule has 1 aliphatic carbocycles. The lowest BCUT2D eigenvalue weighted by Gasteiger charge is -2.33. The van der Waals surface area contributed by atoms with E-state index in [-0.39, 0.29) is 12.2 Å². The van der Waals surface area contributed by atoms with E-state index in [1.165, 1.54) is 32.1 Å². The summed E-state index contributed by atoms with van der Waals surface area (Å²) >= 11 is 0. The molecular weight excluding hydrogens is 254 g/mol. The van der Waals surface area contributed by atoms with Crippen LogP contribution in [0.25, 0.3) is 0 Å². The topological polar surface area (TPSA) is 69.2 Å². The van der Waals surface area contributed by atoms with Crippen molar-refractivity contribution in [3.63, 3.8) is 0 Å². The van der Waals surface area contributed by atoms with E-state index in [9.17, 15) is 9.90 Å². The Bertz CT molecular complexity index is 466. The summed E-state index contributed by atoms with van der Waals surface area (Å²) in [6.07, 6.45) is 6.94. The molecule has 5 nitrogen and oxygen atoms in total. The maximum absolute atomic E-state index is 11.6. The predicted molar refractivity (Wildman–Crippen MR) is 78.6 cm³/mol. The summed E-state index contributed by atoms with van der Waals surface area (Å²) in [4.78, 5) is 21.2. The fourth-order valence-electron chi connectivity index (χ4n) is 2.98. The number of nitrogens with one attached hydrogen (secondary N) is 1. The van der Waals surface area contributed by atoms with Crippen LogP contribution < -0.4 is 5.56 Å². The Balaban J connectivity index is 2.10. The molecule has 0 aromatic carbocycles. The molecule has 0 bridgehead atoms. The van der Waals surface area contributed by atoms with E-state index < -0.39 is 0 Å². The van der Waals surface area contributed by atoms with E-state index in [2.05, 4.69) is 14.9 Å². The summed E-state index contributed by atoms with van der Waals surface area (Å²) in [6, 6.07) is 2.06. The van der Waals surface area contributed by atoms with Gasteiger partial charge in [0.05, 0.1) is 13.2 Å². The molecule has 0 atom stereocenters. The highest BCUT2D eigenvalue weighted by Crippen LogP contribution is 2.23. The van der Waals surface area contributed by atoms with Gasteiger partial charge < -0.3 is 10.1 Å². The van der Waals surface area contributed by atoms with E-state index >= 15 is 0 Å². The summed E-state index contributed by atoms with van der Waals surface area (Å²) in [5, 5.41) is 9.27. The summed E-state index contributed by atoms with van der Waals surface area (Å²) in [6.45, 7) is 3.41. The second-order valence-electron chi connectivity index (χ2n) is 5.52. The van der Waals surface area contributed by atoms with E-state index in [1.54, 1.807) is 6.07 Å². The lowest BCUT2D eigenvalue weighted by atomic mass is 9.94.